The minimum absolute atomic E-state index is 0.0432. The standard InChI is InChI=1S/C24H23F3N6O4/c25-24(26,27)37-21-5-1-15(11-19(21)30-23(35)14-33-7-9-36-10-8-33)20(34)12-17-3-4-18(32-31-17)16-2-6-22(28)29-13-16/h1-6,11,13H,7-10,12,14H2,(H2,28,29)(H,30,35). The quantitative estimate of drug-likeness (QED) is 0.434. The van der Waals surface area contributed by atoms with Crippen LogP contribution in [0.1, 0.15) is 16.1 Å². The van der Waals surface area contributed by atoms with Gasteiger partial charge < -0.3 is 20.5 Å². The average molecular weight is 516 g/mol. The molecule has 1 amide bonds. The SMILES string of the molecule is Nc1ccc(-c2ccc(CC(=O)c3ccc(OC(F)(F)F)c(NC(=O)CN4CCOCC4)c3)nn2)cn1. The molecule has 4 rings (SSSR count). The summed E-state index contributed by atoms with van der Waals surface area (Å²) in [5.74, 6) is -1.24. The molecule has 0 radical (unpaired) electrons. The lowest BCUT2D eigenvalue weighted by Crippen LogP contribution is -2.41. The first-order chi connectivity index (χ1) is 17.7. The normalized spacial score (nSPS) is 14.2. The van der Waals surface area contributed by atoms with Crippen LogP contribution in [0.2, 0.25) is 0 Å². The van der Waals surface area contributed by atoms with Gasteiger partial charge >= 0.3 is 6.36 Å². The molecule has 0 unspecified atom stereocenters. The lowest BCUT2D eigenvalue weighted by atomic mass is 10.0. The van der Waals surface area contributed by atoms with Crippen LogP contribution in [0.4, 0.5) is 24.7 Å². The molecule has 2 aromatic heterocycles. The second-order valence-electron chi connectivity index (χ2n) is 8.18. The van der Waals surface area contributed by atoms with Crippen molar-refractivity contribution in [2.45, 2.75) is 12.8 Å². The molecule has 1 aliphatic rings. The number of nitrogens with zero attached hydrogens (tertiary/aromatic N) is 4. The van der Waals surface area contributed by atoms with Gasteiger partial charge in [-0.1, -0.05) is 0 Å². The second kappa shape index (κ2) is 11.3. The van der Waals surface area contributed by atoms with E-state index in [1.54, 1.807) is 35.4 Å². The molecule has 0 saturated carbocycles. The lowest BCUT2D eigenvalue weighted by Gasteiger charge is -2.26. The highest BCUT2D eigenvalue weighted by atomic mass is 19.4. The summed E-state index contributed by atoms with van der Waals surface area (Å²) in [4.78, 5) is 31.2. The van der Waals surface area contributed by atoms with Gasteiger partial charge in [-0.25, -0.2) is 4.98 Å². The number of rotatable bonds is 8. The van der Waals surface area contributed by atoms with Gasteiger partial charge in [-0.2, -0.15) is 10.2 Å². The predicted molar refractivity (Wildman–Crippen MR) is 127 cm³/mol. The van der Waals surface area contributed by atoms with Crippen molar-refractivity contribution >= 4 is 23.2 Å². The fourth-order valence-corrected chi connectivity index (χ4v) is 3.60. The number of pyridine rings is 1. The lowest BCUT2D eigenvalue weighted by molar-refractivity contribution is -0.274. The summed E-state index contributed by atoms with van der Waals surface area (Å²) in [5.41, 5.74) is 6.96. The largest absolute Gasteiger partial charge is 0.573 e. The van der Waals surface area contributed by atoms with Crippen molar-refractivity contribution in [3.63, 3.8) is 0 Å². The van der Waals surface area contributed by atoms with E-state index < -0.39 is 23.8 Å². The number of Topliss-reactive ketones (excluding diaryl/α,β-unsaturated/α-hetero) is 1. The number of carbonyl (C=O) groups is 2. The van der Waals surface area contributed by atoms with E-state index in [-0.39, 0.29) is 24.2 Å². The zero-order valence-corrected chi connectivity index (χ0v) is 19.5. The molecule has 1 aromatic carbocycles. The first-order valence-corrected chi connectivity index (χ1v) is 11.2. The number of aromatic nitrogens is 3. The number of nitrogen functional groups attached to an aromatic ring is 1. The smallest absolute Gasteiger partial charge is 0.404 e. The van der Waals surface area contributed by atoms with Gasteiger partial charge in [-0.15, -0.1) is 13.2 Å². The molecule has 13 heteroatoms. The molecular weight excluding hydrogens is 493 g/mol. The minimum Gasteiger partial charge on any atom is -0.404 e. The molecule has 3 N–H and O–H groups in total. The molecule has 0 bridgehead atoms. The van der Waals surface area contributed by atoms with E-state index in [9.17, 15) is 22.8 Å². The third-order valence-electron chi connectivity index (χ3n) is 5.42. The van der Waals surface area contributed by atoms with Crippen LogP contribution in [0.25, 0.3) is 11.3 Å². The number of alkyl halides is 3. The Balaban J connectivity index is 1.48. The maximum Gasteiger partial charge on any atom is 0.573 e. The Morgan fingerprint density at radius 3 is 2.51 bits per heavy atom. The summed E-state index contributed by atoms with van der Waals surface area (Å²) in [6.45, 7) is 1.92. The highest BCUT2D eigenvalue weighted by Crippen LogP contribution is 2.31. The van der Waals surface area contributed by atoms with E-state index in [0.29, 0.717) is 49.1 Å². The Labute approximate surface area is 209 Å². The van der Waals surface area contributed by atoms with E-state index >= 15 is 0 Å². The number of anilines is 2. The summed E-state index contributed by atoms with van der Waals surface area (Å²) in [6, 6.07) is 9.98. The van der Waals surface area contributed by atoms with E-state index in [1.165, 1.54) is 6.07 Å². The van der Waals surface area contributed by atoms with Crippen LogP contribution in [0.3, 0.4) is 0 Å². The number of benzene rings is 1. The monoisotopic (exact) mass is 516 g/mol. The third kappa shape index (κ3) is 7.44. The zero-order chi connectivity index (χ0) is 26.4. The number of ketones is 1. The summed E-state index contributed by atoms with van der Waals surface area (Å²) in [5, 5.41) is 10.6. The molecule has 0 aliphatic carbocycles. The number of ether oxygens (including phenoxy) is 2. The molecule has 1 aliphatic heterocycles. The van der Waals surface area contributed by atoms with Crippen molar-refractivity contribution in [3.05, 3.63) is 59.9 Å². The van der Waals surface area contributed by atoms with Crippen LogP contribution in [-0.4, -0.2) is 71.0 Å². The van der Waals surface area contributed by atoms with Crippen LogP contribution in [0.15, 0.2) is 48.7 Å². The molecule has 3 aromatic rings. The number of nitrogens with one attached hydrogen (secondary N) is 1. The number of hydrogen-bond donors (Lipinski definition) is 2. The van der Waals surface area contributed by atoms with Crippen LogP contribution in [0.5, 0.6) is 5.75 Å². The number of amides is 1. The summed E-state index contributed by atoms with van der Waals surface area (Å²) >= 11 is 0. The molecule has 1 saturated heterocycles. The van der Waals surface area contributed by atoms with Crippen LogP contribution in [0, 0.1) is 0 Å². The maximum absolute atomic E-state index is 12.9. The van der Waals surface area contributed by atoms with Crippen molar-refractivity contribution in [2.24, 2.45) is 0 Å². The van der Waals surface area contributed by atoms with Crippen LogP contribution < -0.4 is 15.8 Å². The van der Waals surface area contributed by atoms with Gasteiger partial charge in [0.1, 0.15) is 5.82 Å². The zero-order valence-electron chi connectivity index (χ0n) is 19.5. The van der Waals surface area contributed by atoms with Crippen molar-refractivity contribution in [1.82, 2.24) is 20.1 Å². The fraction of sp³-hybridized carbons (Fsp3) is 0.292. The van der Waals surface area contributed by atoms with Gasteiger partial charge in [-0.05, 0) is 42.5 Å². The van der Waals surface area contributed by atoms with Crippen LogP contribution in [-0.2, 0) is 16.0 Å². The maximum atomic E-state index is 12.9. The Bertz CT molecular complexity index is 1250. The van der Waals surface area contributed by atoms with E-state index in [0.717, 1.165) is 12.1 Å². The second-order valence-corrected chi connectivity index (χ2v) is 8.18. The molecule has 10 nitrogen and oxygen atoms in total. The highest BCUT2D eigenvalue weighted by molar-refractivity contribution is 6.00. The Morgan fingerprint density at radius 2 is 1.86 bits per heavy atom. The van der Waals surface area contributed by atoms with E-state index in [4.69, 9.17) is 10.5 Å². The van der Waals surface area contributed by atoms with E-state index in [1.807, 2.05) is 0 Å². The molecule has 37 heavy (non-hydrogen) atoms. The van der Waals surface area contributed by atoms with Gasteiger partial charge in [0.05, 0.1) is 43.3 Å². The first-order valence-electron chi connectivity index (χ1n) is 11.2. The van der Waals surface area contributed by atoms with Crippen LogP contribution >= 0.6 is 0 Å². The van der Waals surface area contributed by atoms with Gasteiger partial charge in [-0.3, -0.25) is 14.5 Å². The van der Waals surface area contributed by atoms with Gasteiger partial charge in [0.15, 0.2) is 11.5 Å². The Kier molecular flexibility index (Phi) is 7.94. The van der Waals surface area contributed by atoms with Crippen molar-refractivity contribution in [3.8, 4) is 17.0 Å². The third-order valence-corrected chi connectivity index (χ3v) is 5.42. The predicted octanol–water partition coefficient (Wildman–Crippen LogP) is 2.72. The molecule has 0 atom stereocenters. The minimum atomic E-state index is -4.98. The Hall–Kier alpha value is -4.10. The fourth-order valence-electron chi connectivity index (χ4n) is 3.60. The van der Waals surface area contributed by atoms with Crippen molar-refractivity contribution < 1.29 is 32.2 Å². The van der Waals surface area contributed by atoms with Gasteiger partial charge in [0.2, 0.25) is 5.91 Å². The molecule has 1 fully saturated rings. The number of halogens is 3. The number of hydrogen-bond acceptors (Lipinski definition) is 9. The number of nitrogens with two attached hydrogens (primary N) is 1. The molecule has 194 valence electrons. The summed E-state index contributed by atoms with van der Waals surface area (Å²) in [6.07, 6.45) is -3.59. The van der Waals surface area contributed by atoms with Gasteiger partial charge in [0, 0.05) is 30.4 Å². The highest BCUT2D eigenvalue weighted by Gasteiger charge is 2.32. The molecular formula is C24H23F3N6O4. The number of carbonyl (C=O) groups excluding carboxylic acids is 2. The molecule has 3 heterocycles. The van der Waals surface area contributed by atoms with Crippen molar-refractivity contribution in [1.29, 1.82) is 0 Å². The first kappa shape index (κ1) is 26.0. The Morgan fingerprint density at radius 1 is 1.08 bits per heavy atom. The topological polar surface area (TPSA) is 133 Å². The molecule has 0 spiro atoms. The van der Waals surface area contributed by atoms with Gasteiger partial charge in [0.25, 0.3) is 0 Å². The summed E-state index contributed by atoms with van der Waals surface area (Å²) in [7, 11) is 0. The summed E-state index contributed by atoms with van der Waals surface area (Å²) < 4.78 is 48.0. The average Bonchev–Trinajstić information content (AvgIpc) is 2.86. The van der Waals surface area contributed by atoms with Crippen molar-refractivity contribution in [2.75, 3.05) is 43.9 Å². The van der Waals surface area contributed by atoms with E-state index in [2.05, 4.69) is 25.2 Å². The number of morpholine rings is 1.